The lowest BCUT2D eigenvalue weighted by atomic mass is 9.90. The number of alkyl halides is 3. The lowest BCUT2D eigenvalue weighted by Crippen LogP contribution is -2.38. The average Bonchev–Trinajstić information content (AvgIpc) is 2.53. The van der Waals surface area contributed by atoms with Crippen molar-refractivity contribution in [2.24, 2.45) is 5.92 Å². The highest BCUT2D eigenvalue weighted by atomic mass is 19.4. The number of carbonyl (C=O) groups excluding carboxylic acids is 1. The monoisotopic (exact) mass is 343 g/mol. The molecule has 24 heavy (non-hydrogen) atoms. The van der Waals surface area contributed by atoms with Crippen LogP contribution in [-0.4, -0.2) is 41.4 Å². The smallest absolute Gasteiger partial charge is 0.417 e. The van der Waals surface area contributed by atoms with E-state index < -0.39 is 41.4 Å². The van der Waals surface area contributed by atoms with Gasteiger partial charge in [-0.3, -0.25) is 9.59 Å². The van der Waals surface area contributed by atoms with E-state index in [4.69, 9.17) is 5.11 Å². The van der Waals surface area contributed by atoms with E-state index in [0.29, 0.717) is 0 Å². The summed E-state index contributed by atoms with van der Waals surface area (Å²) in [6.07, 6.45) is -2.14. The molecule has 1 aliphatic rings. The normalized spacial score (nSPS) is 17.5. The molecule has 1 aromatic carbocycles. The van der Waals surface area contributed by atoms with Crippen LogP contribution in [0.2, 0.25) is 0 Å². The topological polar surface area (TPSA) is 57.6 Å². The zero-order valence-corrected chi connectivity index (χ0v) is 13.2. The highest BCUT2D eigenvalue weighted by Crippen LogP contribution is 2.33. The van der Waals surface area contributed by atoms with Crippen molar-refractivity contribution in [1.82, 2.24) is 4.90 Å². The molecule has 0 amide bonds. The van der Waals surface area contributed by atoms with Crippen molar-refractivity contribution in [2.75, 3.05) is 19.6 Å². The second kappa shape index (κ2) is 7.79. The van der Waals surface area contributed by atoms with Crippen LogP contribution in [0.1, 0.15) is 41.6 Å². The first-order valence-corrected chi connectivity index (χ1v) is 7.93. The van der Waals surface area contributed by atoms with Crippen molar-refractivity contribution in [3.63, 3.8) is 0 Å². The predicted octanol–water partition coefficient (Wildman–Crippen LogP) is 3.46. The van der Waals surface area contributed by atoms with Gasteiger partial charge in [0, 0.05) is 18.0 Å². The number of piperidine rings is 1. The van der Waals surface area contributed by atoms with E-state index in [9.17, 15) is 22.8 Å². The average molecular weight is 343 g/mol. The van der Waals surface area contributed by atoms with Gasteiger partial charge in [-0.1, -0.05) is 24.6 Å². The summed E-state index contributed by atoms with van der Waals surface area (Å²) >= 11 is 0. The highest BCUT2D eigenvalue weighted by Gasteiger charge is 2.37. The summed E-state index contributed by atoms with van der Waals surface area (Å²) in [5.74, 6) is -2.92. The highest BCUT2D eigenvalue weighted by molar-refractivity contribution is 6.00. The first-order valence-electron chi connectivity index (χ1n) is 7.93. The van der Waals surface area contributed by atoms with Gasteiger partial charge in [-0.05, 0) is 32.0 Å². The van der Waals surface area contributed by atoms with Crippen molar-refractivity contribution in [1.29, 1.82) is 0 Å². The van der Waals surface area contributed by atoms with Gasteiger partial charge in [-0.2, -0.15) is 13.2 Å². The Morgan fingerprint density at radius 2 is 1.75 bits per heavy atom. The molecule has 1 aromatic rings. The molecule has 1 fully saturated rings. The number of likely N-dealkylation sites (tertiary alicyclic amines) is 1. The first kappa shape index (κ1) is 18.4. The molecular formula is C17H20F3NO3. The van der Waals surface area contributed by atoms with Crippen LogP contribution in [0.25, 0.3) is 0 Å². The van der Waals surface area contributed by atoms with Gasteiger partial charge in [0.05, 0.1) is 12.0 Å². The Bertz CT molecular complexity index is 595. The quantitative estimate of drug-likeness (QED) is 0.804. The number of aliphatic carboxylic acids is 1. The van der Waals surface area contributed by atoms with Gasteiger partial charge in [-0.15, -0.1) is 0 Å². The van der Waals surface area contributed by atoms with Crippen molar-refractivity contribution in [3.8, 4) is 0 Å². The minimum atomic E-state index is -4.65. The third kappa shape index (κ3) is 4.80. The minimum Gasteiger partial charge on any atom is -0.481 e. The molecule has 1 saturated heterocycles. The van der Waals surface area contributed by atoms with Crippen molar-refractivity contribution >= 4 is 11.8 Å². The Morgan fingerprint density at radius 1 is 1.12 bits per heavy atom. The molecule has 132 valence electrons. The van der Waals surface area contributed by atoms with Gasteiger partial charge in [0.15, 0.2) is 5.78 Å². The summed E-state index contributed by atoms with van der Waals surface area (Å²) in [5.41, 5.74) is -1.46. The molecule has 0 aromatic heterocycles. The summed E-state index contributed by atoms with van der Waals surface area (Å²) < 4.78 is 39.3. The van der Waals surface area contributed by atoms with E-state index in [2.05, 4.69) is 0 Å². The number of carbonyl (C=O) groups is 2. The SMILES string of the molecule is O=C(O)CC(CN1CCCCC1)C(=O)c1ccccc1C(F)(F)F. The molecule has 1 unspecified atom stereocenters. The van der Waals surface area contributed by atoms with Crippen molar-refractivity contribution in [2.45, 2.75) is 31.9 Å². The zero-order chi connectivity index (χ0) is 17.7. The van der Waals surface area contributed by atoms with Gasteiger partial charge in [-0.25, -0.2) is 0 Å². The molecule has 1 heterocycles. The van der Waals surface area contributed by atoms with Crippen LogP contribution in [-0.2, 0) is 11.0 Å². The number of benzene rings is 1. The maximum absolute atomic E-state index is 13.1. The molecule has 0 radical (unpaired) electrons. The number of hydrogen-bond acceptors (Lipinski definition) is 3. The Kier molecular flexibility index (Phi) is 5.99. The zero-order valence-electron chi connectivity index (χ0n) is 13.2. The standard InChI is InChI=1S/C17H20F3NO3/c18-17(19,20)14-7-3-2-6-13(14)16(24)12(10-15(22)23)11-21-8-4-1-5-9-21/h2-3,6-7,12H,1,4-5,8-11H2,(H,22,23). The number of hydrogen-bond donors (Lipinski definition) is 1. The van der Waals surface area contributed by atoms with E-state index >= 15 is 0 Å². The van der Waals surface area contributed by atoms with E-state index in [1.54, 1.807) is 0 Å². The van der Waals surface area contributed by atoms with Crippen LogP contribution in [0.4, 0.5) is 13.2 Å². The number of halogens is 3. The van der Waals surface area contributed by atoms with Gasteiger partial charge in [0.25, 0.3) is 0 Å². The van der Waals surface area contributed by atoms with Crippen LogP contribution in [0.15, 0.2) is 24.3 Å². The first-order chi connectivity index (χ1) is 11.3. The lowest BCUT2D eigenvalue weighted by molar-refractivity contribution is -0.138. The van der Waals surface area contributed by atoms with Crippen LogP contribution < -0.4 is 0 Å². The number of rotatable bonds is 6. The summed E-state index contributed by atoms with van der Waals surface area (Å²) in [6.45, 7) is 1.66. The third-order valence-electron chi connectivity index (χ3n) is 4.22. The van der Waals surface area contributed by atoms with Gasteiger partial charge < -0.3 is 10.0 Å². The van der Waals surface area contributed by atoms with Crippen molar-refractivity contribution < 1.29 is 27.9 Å². The molecule has 1 N–H and O–H groups in total. The van der Waals surface area contributed by atoms with Crippen LogP contribution in [0.5, 0.6) is 0 Å². The van der Waals surface area contributed by atoms with Gasteiger partial charge in [0.1, 0.15) is 0 Å². The van der Waals surface area contributed by atoms with Gasteiger partial charge >= 0.3 is 12.1 Å². The molecule has 1 aliphatic heterocycles. The molecule has 0 bridgehead atoms. The fourth-order valence-corrected chi connectivity index (χ4v) is 3.07. The Balaban J connectivity index is 2.25. The Hall–Kier alpha value is -1.89. The molecule has 0 spiro atoms. The molecule has 2 rings (SSSR count). The van der Waals surface area contributed by atoms with E-state index in [-0.39, 0.29) is 6.54 Å². The molecule has 0 aliphatic carbocycles. The molecule has 1 atom stereocenters. The summed E-state index contributed by atoms with van der Waals surface area (Å²) in [4.78, 5) is 25.7. The summed E-state index contributed by atoms with van der Waals surface area (Å²) in [6, 6.07) is 4.56. The second-order valence-electron chi connectivity index (χ2n) is 6.06. The lowest BCUT2D eigenvalue weighted by Gasteiger charge is -2.29. The van der Waals surface area contributed by atoms with E-state index in [0.717, 1.165) is 44.5 Å². The molecule has 7 heteroatoms. The van der Waals surface area contributed by atoms with Crippen LogP contribution >= 0.6 is 0 Å². The second-order valence-corrected chi connectivity index (χ2v) is 6.06. The maximum Gasteiger partial charge on any atom is 0.417 e. The molecule has 4 nitrogen and oxygen atoms in total. The Labute approximate surface area is 138 Å². The molecular weight excluding hydrogens is 323 g/mol. The Morgan fingerprint density at radius 3 is 2.33 bits per heavy atom. The number of ketones is 1. The van der Waals surface area contributed by atoms with Crippen molar-refractivity contribution in [3.05, 3.63) is 35.4 Å². The van der Waals surface area contributed by atoms with Gasteiger partial charge in [0.2, 0.25) is 0 Å². The summed E-state index contributed by atoms with van der Waals surface area (Å²) in [7, 11) is 0. The predicted molar refractivity (Wildman–Crippen MR) is 81.8 cm³/mol. The van der Waals surface area contributed by atoms with Crippen LogP contribution in [0.3, 0.4) is 0 Å². The maximum atomic E-state index is 13.1. The largest absolute Gasteiger partial charge is 0.481 e. The number of carboxylic acid groups (broad SMARTS) is 1. The number of carboxylic acids is 1. The summed E-state index contributed by atoms with van der Waals surface area (Å²) in [5, 5.41) is 9.05. The van der Waals surface area contributed by atoms with E-state index in [1.807, 2.05) is 4.90 Å². The fourth-order valence-electron chi connectivity index (χ4n) is 3.07. The third-order valence-corrected chi connectivity index (χ3v) is 4.22. The number of nitrogens with zero attached hydrogens (tertiary/aromatic N) is 1. The minimum absolute atomic E-state index is 0.178. The fraction of sp³-hybridized carbons (Fsp3) is 0.529. The van der Waals surface area contributed by atoms with E-state index in [1.165, 1.54) is 12.1 Å². The number of Topliss-reactive ketones (excluding diaryl/α,β-unsaturated/α-hetero) is 1. The van der Waals surface area contributed by atoms with Crippen LogP contribution in [0, 0.1) is 5.92 Å². The molecule has 0 saturated carbocycles.